The first-order valence-corrected chi connectivity index (χ1v) is 15.1. The van der Waals surface area contributed by atoms with Crippen LogP contribution in [-0.2, 0) is 12.8 Å². The average Bonchev–Trinajstić information content (AvgIpc) is 3.31. The minimum Gasteiger partial charge on any atom is -0.456 e. The van der Waals surface area contributed by atoms with Crippen molar-refractivity contribution in [2.24, 2.45) is 0 Å². The van der Waals surface area contributed by atoms with Crippen LogP contribution in [0.5, 0.6) is 0 Å². The van der Waals surface area contributed by atoms with Crippen molar-refractivity contribution in [3.8, 4) is 0 Å². The van der Waals surface area contributed by atoms with E-state index in [4.69, 9.17) is 4.42 Å². The summed E-state index contributed by atoms with van der Waals surface area (Å²) in [5, 5.41) is 8.05. The van der Waals surface area contributed by atoms with Gasteiger partial charge >= 0.3 is 0 Å². The summed E-state index contributed by atoms with van der Waals surface area (Å²) in [5.74, 6) is 0. The third-order valence-corrected chi connectivity index (χ3v) is 8.26. The van der Waals surface area contributed by atoms with Crippen LogP contribution in [0.15, 0.2) is 65.1 Å². The van der Waals surface area contributed by atoms with Gasteiger partial charge in [-0.1, -0.05) is 127 Å². The predicted molar refractivity (Wildman–Crippen MR) is 163 cm³/mol. The minimum atomic E-state index is 1.05. The van der Waals surface area contributed by atoms with Crippen LogP contribution < -0.4 is 0 Å². The van der Waals surface area contributed by atoms with Crippen molar-refractivity contribution >= 4 is 43.5 Å². The monoisotopic (exact) mass is 492 g/mol. The molecule has 0 N–H and O–H groups in total. The highest BCUT2D eigenvalue weighted by atomic mass is 16.3. The van der Waals surface area contributed by atoms with Crippen LogP contribution in [0.2, 0.25) is 0 Å². The van der Waals surface area contributed by atoms with Gasteiger partial charge in [-0.25, -0.2) is 0 Å². The molecule has 0 aliphatic carbocycles. The van der Waals surface area contributed by atoms with Crippen LogP contribution in [-0.4, -0.2) is 0 Å². The fraction of sp³-hybridized carbons (Fsp3) is 0.444. The van der Waals surface area contributed by atoms with Gasteiger partial charge < -0.3 is 4.42 Å². The number of hydrogen-bond donors (Lipinski definition) is 0. The average molecular weight is 493 g/mol. The van der Waals surface area contributed by atoms with Gasteiger partial charge in [0, 0.05) is 10.8 Å². The van der Waals surface area contributed by atoms with Crippen LogP contribution in [0.1, 0.15) is 102 Å². The molecule has 0 aliphatic rings. The lowest BCUT2D eigenvalue weighted by Gasteiger charge is -2.10. The summed E-state index contributed by atoms with van der Waals surface area (Å²) in [5.41, 5.74) is 4.98. The fourth-order valence-electron chi connectivity index (χ4n) is 6.24. The van der Waals surface area contributed by atoms with Gasteiger partial charge in [0.15, 0.2) is 0 Å². The van der Waals surface area contributed by atoms with E-state index in [0.717, 1.165) is 24.0 Å². The molecule has 4 aromatic carbocycles. The van der Waals surface area contributed by atoms with Crippen molar-refractivity contribution < 1.29 is 4.42 Å². The molecule has 1 heterocycles. The largest absolute Gasteiger partial charge is 0.456 e. The lowest BCUT2D eigenvalue weighted by atomic mass is 9.92. The molecule has 37 heavy (non-hydrogen) atoms. The standard InChI is InChI=1S/C36H44O/c1-3-5-7-9-11-13-19-27-25-33-35(31-23-17-15-21-29(27)31)36-32-24-18-16-22-30(32)28(26-34(36)37-33)20-14-12-10-8-6-4-2/h15-18,21-26H,3-14,19-20H2,1-2H3. The Hall–Kier alpha value is -2.80. The summed E-state index contributed by atoms with van der Waals surface area (Å²) in [4.78, 5) is 0. The number of furan rings is 1. The zero-order valence-corrected chi connectivity index (χ0v) is 23.1. The molecule has 0 aliphatic heterocycles. The Labute approximate surface area is 223 Å². The van der Waals surface area contributed by atoms with E-state index in [1.54, 1.807) is 0 Å². The number of rotatable bonds is 14. The Bertz CT molecular complexity index is 1340. The number of fused-ring (bicyclic) bond motifs is 7. The van der Waals surface area contributed by atoms with E-state index in [1.165, 1.54) is 120 Å². The zero-order chi connectivity index (χ0) is 25.5. The molecule has 5 aromatic rings. The molecule has 1 aromatic heterocycles. The van der Waals surface area contributed by atoms with Crippen LogP contribution in [0, 0.1) is 0 Å². The number of benzene rings is 4. The topological polar surface area (TPSA) is 13.1 Å². The Balaban J connectivity index is 1.51. The normalized spacial score (nSPS) is 11.9. The second-order valence-corrected chi connectivity index (χ2v) is 11.0. The summed E-state index contributed by atoms with van der Waals surface area (Å²) in [6.07, 6.45) is 18.2. The molecule has 0 radical (unpaired) electrons. The smallest absolute Gasteiger partial charge is 0.136 e. The Morgan fingerprint density at radius 2 is 0.838 bits per heavy atom. The van der Waals surface area contributed by atoms with Crippen molar-refractivity contribution in [1.82, 2.24) is 0 Å². The third-order valence-electron chi connectivity index (χ3n) is 8.26. The van der Waals surface area contributed by atoms with E-state index in [2.05, 4.69) is 74.5 Å². The second kappa shape index (κ2) is 12.6. The molecular formula is C36H44O. The second-order valence-electron chi connectivity index (χ2n) is 11.0. The first-order chi connectivity index (χ1) is 18.3. The zero-order valence-electron chi connectivity index (χ0n) is 23.1. The van der Waals surface area contributed by atoms with E-state index in [0.29, 0.717) is 0 Å². The molecule has 0 atom stereocenters. The Kier molecular flexibility index (Phi) is 8.82. The van der Waals surface area contributed by atoms with Gasteiger partial charge in [0.2, 0.25) is 0 Å². The van der Waals surface area contributed by atoms with Crippen molar-refractivity contribution in [2.45, 2.75) is 104 Å². The van der Waals surface area contributed by atoms with Crippen molar-refractivity contribution in [1.29, 1.82) is 0 Å². The summed E-state index contributed by atoms with van der Waals surface area (Å²) in [6.45, 7) is 4.57. The molecule has 194 valence electrons. The minimum absolute atomic E-state index is 1.05. The van der Waals surface area contributed by atoms with Gasteiger partial charge in [-0.3, -0.25) is 0 Å². The molecular weight excluding hydrogens is 448 g/mol. The third kappa shape index (κ3) is 5.71. The van der Waals surface area contributed by atoms with Crippen molar-refractivity contribution in [2.75, 3.05) is 0 Å². The lowest BCUT2D eigenvalue weighted by molar-refractivity contribution is 0.607. The van der Waals surface area contributed by atoms with E-state index in [-0.39, 0.29) is 0 Å². The number of hydrogen-bond acceptors (Lipinski definition) is 1. The summed E-state index contributed by atoms with van der Waals surface area (Å²) < 4.78 is 6.67. The number of aryl methyl sites for hydroxylation is 2. The molecule has 5 rings (SSSR count). The predicted octanol–water partition coefficient (Wildman–Crippen LogP) is 11.7. The number of unbranched alkanes of at least 4 members (excludes halogenated alkanes) is 10. The molecule has 0 saturated heterocycles. The first kappa shape index (κ1) is 25.8. The van der Waals surface area contributed by atoms with Gasteiger partial charge in [-0.05, 0) is 70.5 Å². The van der Waals surface area contributed by atoms with Crippen LogP contribution >= 0.6 is 0 Å². The van der Waals surface area contributed by atoms with Gasteiger partial charge in [-0.2, -0.15) is 0 Å². The SMILES string of the molecule is CCCCCCCCc1cc2oc3cc(CCCCCCCC)c4ccccc4c3c2c2ccccc12. The van der Waals surface area contributed by atoms with Crippen molar-refractivity contribution in [3.05, 3.63) is 71.8 Å². The van der Waals surface area contributed by atoms with E-state index < -0.39 is 0 Å². The van der Waals surface area contributed by atoms with Crippen LogP contribution in [0.3, 0.4) is 0 Å². The molecule has 0 amide bonds. The van der Waals surface area contributed by atoms with E-state index in [9.17, 15) is 0 Å². The quantitative estimate of drug-likeness (QED) is 0.140. The molecule has 1 nitrogen and oxygen atoms in total. The maximum atomic E-state index is 6.67. The van der Waals surface area contributed by atoms with Gasteiger partial charge in [-0.15, -0.1) is 0 Å². The highest BCUT2D eigenvalue weighted by Gasteiger charge is 2.17. The van der Waals surface area contributed by atoms with Crippen molar-refractivity contribution in [3.63, 3.8) is 0 Å². The fourth-order valence-corrected chi connectivity index (χ4v) is 6.24. The van der Waals surface area contributed by atoms with Crippen LogP contribution in [0.25, 0.3) is 43.5 Å². The molecule has 0 fully saturated rings. The summed E-state index contributed by atoms with van der Waals surface area (Å²) in [6, 6.07) is 22.7. The summed E-state index contributed by atoms with van der Waals surface area (Å²) in [7, 11) is 0. The molecule has 0 bridgehead atoms. The van der Waals surface area contributed by atoms with E-state index >= 15 is 0 Å². The Morgan fingerprint density at radius 1 is 0.459 bits per heavy atom. The molecule has 0 saturated carbocycles. The molecule has 0 spiro atoms. The first-order valence-electron chi connectivity index (χ1n) is 15.1. The Morgan fingerprint density at radius 3 is 1.27 bits per heavy atom. The van der Waals surface area contributed by atoms with Gasteiger partial charge in [0.1, 0.15) is 11.2 Å². The highest BCUT2D eigenvalue weighted by molar-refractivity contribution is 6.27. The highest BCUT2D eigenvalue weighted by Crippen LogP contribution is 2.41. The van der Waals surface area contributed by atoms with Gasteiger partial charge in [0.05, 0.1) is 0 Å². The lowest BCUT2D eigenvalue weighted by Crippen LogP contribution is -1.90. The van der Waals surface area contributed by atoms with E-state index in [1.807, 2.05) is 0 Å². The maximum absolute atomic E-state index is 6.67. The molecule has 0 unspecified atom stereocenters. The maximum Gasteiger partial charge on any atom is 0.136 e. The van der Waals surface area contributed by atoms with Gasteiger partial charge in [0.25, 0.3) is 0 Å². The summed E-state index contributed by atoms with van der Waals surface area (Å²) >= 11 is 0. The molecule has 1 heteroatoms. The van der Waals surface area contributed by atoms with Crippen LogP contribution in [0.4, 0.5) is 0 Å².